The molecule has 0 N–H and O–H groups in total. The number of nitrogens with zero attached hydrogens (tertiary/aromatic N) is 4. The Morgan fingerprint density at radius 3 is 2.75 bits per heavy atom. The molecule has 0 bridgehead atoms. The Hall–Kier alpha value is -2.70. The van der Waals surface area contributed by atoms with Crippen LogP contribution in [0.3, 0.4) is 0 Å². The molecule has 0 spiro atoms. The molecule has 4 heterocycles. The van der Waals surface area contributed by atoms with E-state index >= 15 is 0 Å². The van der Waals surface area contributed by atoms with Gasteiger partial charge in [-0.1, -0.05) is 6.07 Å². The molecule has 4 rings (SSSR count). The SMILES string of the molecule is CCOC(=O)c1cc2ccccn2c1-c1cc(CN2CCN(C)CC2)ccn1. The molecule has 0 unspecified atom stereocenters. The maximum absolute atomic E-state index is 12.6. The van der Waals surface area contributed by atoms with E-state index in [0.717, 1.165) is 49.6 Å². The predicted octanol–water partition coefficient (Wildman–Crippen LogP) is 2.93. The van der Waals surface area contributed by atoms with E-state index in [1.165, 1.54) is 5.56 Å². The summed E-state index contributed by atoms with van der Waals surface area (Å²) in [5.74, 6) is -0.313. The summed E-state index contributed by atoms with van der Waals surface area (Å²) < 4.78 is 7.30. The number of carbonyl (C=O) groups is 1. The Balaban J connectivity index is 1.69. The van der Waals surface area contributed by atoms with E-state index < -0.39 is 0 Å². The fourth-order valence-corrected chi connectivity index (χ4v) is 3.72. The van der Waals surface area contributed by atoms with E-state index in [1.54, 1.807) is 0 Å². The third-order valence-corrected chi connectivity index (χ3v) is 5.24. The number of ether oxygens (including phenoxy) is 1. The van der Waals surface area contributed by atoms with Crippen molar-refractivity contribution in [1.82, 2.24) is 19.2 Å². The highest BCUT2D eigenvalue weighted by Crippen LogP contribution is 2.28. The maximum Gasteiger partial charge on any atom is 0.340 e. The molecule has 0 atom stereocenters. The van der Waals surface area contributed by atoms with Crippen LogP contribution < -0.4 is 0 Å². The normalized spacial score (nSPS) is 15.8. The summed E-state index contributed by atoms with van der Waals surface area (Å²) in [6.45, 7) is 7.38. The van der Waals surface area contributed by atoms with Crippen LogP contribution in [-0.4, -0.2) is 65.0 Å². The highest BCUT2D eigenvalue weighted by molar-refractivity contribution is 5.98. The zero-order valence-corrected chi connectivity index (χ0v) is 16.5. The van der Waals surface area contributed by atoms with Gasteiger partial charge in [-0.25, -0.2) is 4.79 Å². The summed E-state index contributed by atoms with van der Waals surface area (Å²) in [5, 5.41) is 0. The standard InChI is InChI=1S/C22H26N4O2/c1-3-28-22(27)19-15-18-6-4-5-9-26(18)21(19)20-14-17(7-8-23-20)16-25-12-10-24(2)11-13-25/h4-9,14-15H,3,10-13,16H2,1-2H3. The number of rotatable bonds is 5. The van der Waals surface area contributed by atoms with Crippen LogP contribution in [0, 0.1) is 0 Å². The van der Waals surface area contributed by atoms with Crippen LogP contribution in [0.5, 0.6) is 0 Å². The molecule has 146 valence electrons. The number of hydrogen-bond donors (Lipinski definition) is 0. The third kappa shape index (κ3) is 3.79. The largest absolute Gasteiger partial charge is 0.462 e. The van der Waals surface area contributed by atoms with Crippen molar-refractivity contribution in [2.75, 3.05) is 39.8 Å². The fraction of sp³-hybridized carbons (Fsp3) is 0.364. The molecule has 0 saturated carbocycles. The number of fused-ring (bicyclic) bond motifs is 1. The molecule has 0 aromatic carbocycles. The van der Waals surface area contributed by atoms with E-state index in [-0.39, 0.29) is 5.97 Å². The number of piperazine rings is 1. The second-order valence-corrected chi connectivity index (χ2v) is 7.25. The van der Waals surface area contributed by atoms with Gasteiger partial charge in [-0.2, -0.15) is 0 Å². The summed E-state index contributed by atoms with van der Waals surface area (Å²) in [4.78, 5) is 22.0. The lowest BCUT2D eigenvalue weighted by Crippen LogP contribution is -2.43. The average molecular weight is 378 g/mol. The third-order valence-electron chi connectivity index (χ3n) is 5.24. The molecule has 28 heavy (non-hydrogen) atoms. The predicted molar refractivity (Wildman–Crippen MR) is 109 cm³/mol. The Bertz CT molecular complexity index is 974. The highest BCUT2D eigenvalue weighted by atomic mass is 16.5. The second kappa shape index (κ2) is 8.12. The van der Waals surface area contributed by atoms with E-state index in [4.69, 9.17) is 4.74 Å². The van der Waals surface area contributed by atoms with Gasteiger partial charge < -0.3 is 14.0 Å². The first-order valence-electron chi connectivity index (χ1n) is 9.79. The monoisotopic (exact) mass is 378 g/mol. The van der Waals surface area contributed by atoms with Crippen molar-refractivity contribution in [2.45, 2.75) is 13.5 Å². The molecule has 6 heteroatoms. The number of esters is 1. The highest BCUT2D eigenvalue weighted by Gasteiger charge is 2.21. The first-order valence-corrected chi connectivity index (χ1v) is 9.79. The van der Waals surface area contributed by atoms with Gasteiger partial charge in [0.25, 0.3) is 0 Å². The average Bonchev–Trinajstić information content (AvgIpc) is 3.10. The minimum atomic E-state index is -0.313. The minimum absolute atomic E-state index is 0.313. The van der Waals surface area contributed by atoms with Crippen LogP contribution in [0.4, 0.5) is 0 Å². The molecule has 0 amide bonds. The van der Waals surface area contributed by atoms with Gasteiger partial charge in [0, 0.05) is 50.6 Å². The van der Waals surface area contributed by atoms with Crippen LogP contribution >= 0.6 is 0 Å². The van der Waals surface area contributed by atoms with Gasteiger partial charge in [-0.05, 0) is 49.9 Å². The number of hydrogen-bond acceptors (Lipinski definition) is 5. The molecule has 0 aliphatic carbocycles. The van der Waals surface area contributed by atoms with Crippen molar-refractivity contribution < 1.29 is 9.53 Å². The molecule has 1 aliphatic heterocycles. The van der Waals surface area contributed by atoms with Gasteiger partial charge in [0.05, 0.1) is 23.6 Å². The Kier molecular flexibility index (Phi) is 5.41. The van der Waals surface area contributed by atoms with Crippen LogP contribution in [0.25, 0.3) is 16.9 Å². The van der Waals surface area contributed by atoms with E-state index in [0.29, 0.717) is 12.2 Å². The zero-order valence-electron chi connectivity index (χ0n) is 16.5. The molecule has 1 aliphatic rings. The summed E-state index contributed by atoms with van der Waals surface area (Å²) in [5.41, 5.74) is 4.29. The van der Waals surface area contributed by atoms with Crippen molar-refractivity contribution in [3.05, 3.63) is 59.9 Å². The maximum atomic E-state index is 12.6. The van der Waals surface area contributed by atoms with Gasteiger partial charge in [0.1, 0.15) is 0 Å². The number of likely N-dealkylation sites (N-methyl/N-ethyl adjacent to an activating group) is 1. The van der Waals surface area contributed by atoms with Crippen molar-refractivity contribution in [3.63, 3.8) is 0 Å². The number of carbonyl (C=O) groups excluding carboxylic acids is 1. The van der Waals surface area contributed by atoms with Crippen LogP contribution in [0.2, 0.25) is 0 Å². The minimum Gasteiger partial charge on any atom is -0.462 e. The molecule has 0 radical (unpaired) electrons. The molecule has 1 fully saturated rings. The molecule has 1 saturated heterocycles. The fourth-order valence-electron chi connectivity index (χ4n) is 3.72. The van der Waals surface area contributed by atoms with Crippen molar-refractivity contribution >= 4 is 11.5 Å². The molecular weight excluding hydrogens is 352 g/mol. The van der Waals surface area contributed by atoms with Crippen molar-refractivity contribution in [1.29, 1.82) is 0 Å². The summed E-state index contributed by atoms with van der Waals surface area (Å²) in [6.07, 6.45) is 3.79. The zero-order chi connectivity index (χ0) is 19.5. The van der Waals surface area contributed by atoms with Gasteiger partial charge in [-0.15, -0.1) is 0 Å². The molecular formula is C22H26N4O2. The first kappa shape index (κ1) is 18.7. The van der Waals surface area contributed by atoms with Gasteiger partial charge >= 0.3 is 5.97 Å². The van der Waals surface area contributed by atoms with Crippen LogP contribution in [0.15, 0.2) is 48.8 Å². The van der Waals surface area contributed by atoms with E-state index in [1.807, 2.05) is 48.0 Å². The summed E-state index contributed by atoms with van der Waals surface area (Å²) >= 11 is 0. The molecule has 3 aromatic rings. The quantitative estimate of drug-likeness (QED) is 0.639. The second-order valence-electron chi connectivity index (χ2n) is 7.25. The van der Waals surface area contributed by atoms with Gasteiger partial charge in [-0.3, -0.25) is 9.88 Å². The lowest BCUT2D eigenvalue weighted by molar-refractivity contribution is 0.0527. The Morgan fingerprint density at radius 2 is 1.96 bits per heavy atom. The molecule has 3 aromatic heterocycles. The van der Waals surface area contributed by atoms with Gasteiger partial charge in [0.2, 0.25) is 0 Å². The topological polar surface area (TPSA) is 50.1 Å². The Morgan fingerprint density at radius 1 is 1.14 bits per heavy atom. The smallest absolute Gasteiger partial charge is 0.340 e. The first-order chi connectivity index (χ1) is 13.7. The Labute approximate surface area is 165 Å². The van der Waals surface area contributed by atoms with Crippen molar-refractivity contribution in [2.24, 2.45) is 0 Å². The molecule has 6 nitrogen and oxygen atoms in total. The lowest BCUT2D eigenvalue weighted by Gasteiger charge is -2.32. The van der Waals surface area contributed by atoms with Crippen LogP contribution in [-0.2, 0) is 11.3 Å². The van der Waals surface area contributed by atoms with E-state index in [2.05, 4.69) is 34.0 Å². The lowest BCUT2D eigenvalue weighted by atomic mass is 10.1. The van der Waals surface area contributed by atoms with Crippen LogP contribution in [0.1, 0.15) is 22.8 Å². The number of aromatic nitrogens is 2. The summed E-state index contributed by atoms with van der Waals surface area (Å²) in [7, 11) is 2.16. The van der Waals surface area contributed by atoms with Crippen molar-refractivity contribution in [3.8, 4) is 11.4 Å². The van der Waals surface area contributed by atoms with Gasteiger partial charge in [0.15, 0.2) is 0 Å². The number of pyridine rings is 2. The van der Waals surface area contributed by atoms with E-state index in [9.17, 15) is 4.79 Å². The summed E-state index contributed by atoms with van der Waals surface area (Å²) in [6, 6.07) is 11.9.